The lowest BCUT2D eigenvalue weighted by Crippen LogP contribution is -2.50. The Balaban J connectivity index is 2.11. The third kappa shape index (κ3) is 8.87. The highest BCUT2D eigenvalue weighted by atomic mass is 19.3. The van der Waals surface area contributed by atoms with Gasteiger partial charge in [-0.05, 0) is 17.0 Å². The molecule has 7 nitrogen and oxygen atoms in total. The molecule has 0 aliphatic heterocycles. The zero-order valence-electron chi connectivity index (χ0n) is 20.3. The van der Waals surface area contributed by atoms with E-state index in [9.17, 15) is 33.1 Å². The first kappa shape index (κ1) is 28.6. The minimum Gasteiger partial charge on any atom is -0.480 e. The molecule has 2 aromatic rings. The first-order chi connectivity index (χ1) is 17.1. The van der Waals surface area contributed by atoms with E-state index < -0.39 is 60.3 Å². The van der Waals surface area contributed by atoms with Crippen molar-refractivity contribution in [1.29, 1.82) is 0 Å². The molecule has 9 heteroatoms. The second-order valence-corrected chi connectivity index (χ2v) is 8.79. The van der Waals surface area contributed by atoms with E-state index in [1.165, 1.54) is 0 Å². The number of halogens is 2. The summed E-state index contributed by atoms with van der Waals surface area (Å²) in [6.07, 6.45) is -3.70. The summed E-state index contributed by atoms with van der Waals surface area (Å²) in [7, 11) is 0. The lowest BCUT2D eigenvalue weighted by atomic mass is 9.86. The Morgan fingerprint density at radius 1 is 0.861 bits per heavy atom. The lowest BCUT2D eigenvalue weighted by Gasteiger charge is -2.27. The van der Waals surface area contributed by atoms with Gasteiger partial charge in [-0.15, -0.1) is 0 Å². The zero-order chi connectivity index (χ0) is 26.7. The van der Waals surface area contributed by atoms with Crippen LogP contribution in [0.25, 0.3) is 0 Å². The van der Waals surface area contributed by atoms with Gasteiger partial charge in [-0.25, -0.2) is 13.6 Å². The van der Waals surface area contributed by atoms with Crippen molar-refractivity contribution in [2.75, 3.05) is 0 Å². The Hall–Kier alpha value is -3.62. The van der Waals surface area contributed by atoms with Gasteiger partial charge in [-0.1, -0.05) is 80.9 Å². The molecular formula is C27H32F2N2O5. The number of amides is 2. The molecule has 2 amide bonds. The van der Waals surface area contributed by atoms with Crippen molar-refractivity contribution < 1.29 is 33.1 Å². The number of hydrogen-bond acceptors (Lipinski definition) is 4. The predicted molar refractivity (Wildman–Crippen MR) is 130 cm³/mol. The predicted octanol–water partition coefficient (Wildman–Crippen LogP) is 3.41. The van der Waals surface area contributed by atoms with Crippen LogP contribution < -0.4 is 10.6 Å². The Morgan fingerprint density at radius 3 is 1.92 bits per heavy atom. The summed E-state index contributed by atoms with van der Waals surface area (Å²) in [6.45, 7) is 3.42. The van der Waals surface area contributed by atoms with Crippen LogP contribution in [-0.4, -0.2) is 47.2 Å². The van der Waals surface area contributed by atoms with Crippen LogP contribution in [0.4, 0.5) is 8.78 Å². The minimum absolute atomic E-state index is 0.0271. The van der Waals surface area contributed by atoms with Crippen LogP contribution in [0.1, 0.15) is 37.8 Å². The minimum atomic E-state index is -3.17. The summed E-state index contributed by atoms with van der Waals surface area (Å²) in [5, 5.41) is 14.3. The molecule has 0 aromatic heterocycles. The second kappa shape index (κ2) is 14.1. The topological polar surface area (TPSA) is 113 Å². The van der Waals surface area contributed by atoms with Gasteiger partial charge in [0.15, 0.2) is 5.78 Å². The first-order valence-electron chi connectivity index (χ1n) is 11.8. The van der Waals surface area contributed by atoms with E-state index in [0.717, 1.165) is 0 Å². The molecule has 2 aromatic carbocycles. The van der Waals surface area contributed by atoms with Gasteiger partial charge in [0.25, 0.3) is 0 Å². The molecule has 0 heterocycles. The van der Waals surface area contributed by atoms with E-state index in [-0.39, 0.29) is 12.8 Å². The van der Waals surface area contributed by atoms with Crippen LogP contribution in [0, 0.1) is 11.8 Å². The van der Waals surface area contributed by atoms with Crippen molar-refractivity contribution in [3.8, 4) is 0 Å². The van der Waals surface area contributed by atoms with Crippen LogP contribution in [0.3, 0.4) is 0 Å². The Morgan fingerprint density at radius 2 is 1.42 bits per heavy atom. The fourth-order valence-electron chi connectivity index (χ4n) is 3.78. The van der Waals surface area contributed by atoms with Gasteiger partial charge in [-0.2, -0.15) is 0 Å². The second-order valence-electron chi connectivity index (χ2n) is 8.79. The average Bonchev–Trinajstić information content (AvgIpc) is 2.85. The summed E-state index contributed by atoms with van der Waals surface area (Å²) < 4.78 is 27.9. The maximum atomic E-state index is 13.9. The number of aliphatic carboxylic acids is 1. The van der Waals surface area contributed by atoms with Crippen LogP contribution in [0.15, 0.2) is 60.7 Å². The first-order valence-corrected chi connectivity index (χ1v) is 11.8. The van der Waals surface area contributed by atoms with Gasteiger partial charge in [-0.3, -0.25) is 14.4 Å². The van der Waals surface area contributed by atoms with E-state index in [4.69, 9.17) is 0 Å². The molecule has 0 saturated carbocycles. The molecule has 4 atom stereocenters. The van der Waals surface area contributed by atoms with Gasteiger partial charge in [0.2, 0.25) is 18.2 Å². The van der Waals surface area contributed by atoms with E-state index in [2.05, 4.69) is 10.6 Å². The van der Waals surface area contributed by atoms with Crippen molar-refractivity contribution in [2.45, 2.75) is 58.0 Å². The van der Waals surface area contributed by atoms with Crippen molar-refractivity contribution in [3.05, 3.63) is 71.8 Å². The average molecular weight is 503 g/mol. The summed E-state index contributed by atoms with van der Waals surface area (Å²) in [6, 6.07) is 14.8. The molecule has 0 spiro atoms. The summed E-state index contributed by atoms with van der Waals surface area (Å²) in [5.41, 5.74) is 1.35. The summed E-state index contributed by atoms with van der Waals surface area (Å²) >= 11 is 0. The third-order valence-corrected chi connectivity index (χ3v) is 6.03. The van der Waals surface area contributed by atoms with Crippen LogP contribution in [-0.2, 0) is 32.0 Å². The Kier molecular flexibility index (Phi) is 11.2. The van der Waals surface area contributed by atoms with Gasteiger partial charge in [0, 0.05) is 12.8 Å². The standard InChI is InChI=1S/C27H32F2N2O5/c1-3-17(2)24(31-22(32)15-19-12-8-5-9-13-19)25(34)20(26(28)29)16-23(33)30-21(27(35)36)14-18-10-6-4-7-11-18/h4-13,17,20-21,24,26H,3,14-16H2,1-2H3,(H,30,33)(H,31,32)(H,35,36)/t17?,20?,21-,24?/m0/s1. The van der Waals surface area contributed by atoms with Crippen LogP contribution in [0.2, 0.25) is 0 Å². The largest absolute Gasteiger partial charge is 0.480 e. The maximum absolute atomic E-state index is 13.9. The molecule has 0 bridgehead atoms. The summed E-state index contributed by atoms with van der Waals surface area (Å²) in [4.78, 5) is 49.9. The monoisotopic (exact) mass is 502 g/mol. The molecule has 0 aliphatic rings. The van der Waals surface area contributed by atoms with Gasteiger partial charge < -0.3 is 15.7 Å². The number of rotatable bonds is 14. The van der Waals surface area contributed by atoms with E-state index >= 15 is 0 Å². The highest BCUT2D eigenvalue weighted by Gasteiger charge is 2.38. The fraction of sp³-hybridized carbons (Fsp3) is 0.407. The Bertz CT molecular complexity index is 1020. The van der Waals surface area contributed by atoms with Gasteiger partial charge >= 0.3 is 5.97 Å². The molecule has 0 saturated heterocycles. The van der Waals surface area contributed by atoms with E-state index in [0.29, 0.717) is 17.5 Å². The van der Waals surface area contributed by atoms with E-state index in [1.807, 2.05) is 0 Å². The van der Waals surface area contributed by atoms with Gasteiger partial charge in [0.1, 0.15) is 6.04 Å². The maximum Gasteiger partial charge on any atom is 0.326 e. The number of alkyl halides is 2. The molecule has 36 heavy (non-hydrogen) atoms. The number of Topliss-reactive ketones (excluding diaryl/α,β-unsaturated/α-hetero) is 1. The molecule has 3 N–H and O–H groups in total. The fourth-order valence-corrected chi connectivity index (χ4v) is 3.78. The number of carbonyl (C=O) groups excluding carboxylic acids is 3. The van der Waals surface area contributed by atoms with Crippen molar-refractivity contribution >= 4 is 23.6 Å². The van der Waals surface area contributed by atoms with Gasteiger partial charge in [0.05, 0.1) is 18.4 Å². The Labute approximate surface area is 209 Å². The van der Waals surface area contributed by atoms with E-state index in [1.54, 1.807) is 74.5 Å². The third-order valence-electron chi connectivity index (χ3n) is 6.03. The molecular weight excluding hydrogens is 470 g/mol. The molecule has 2 rings (SSSR count). The smallest absolute Gasteiger partial charge is 0.326 e. The molecule has 0 fully saturated rings. The lowest BCUT2D eigenvalue weighted by molar-refractivity contribution is -0.143. The highest BCUT2D eigenvalue weighted by Crippen LogP contribution is 2.22. The number of carboxylic acid groups (broad SMARTS) is 1. The van der Waals surface area contributed by atoms with Crippen LogP contribution >= 0.6 is 0 Å². The number of carbonyl (C=O) groups is 4. The molecule has 194 valence electrons. The van der Waals surface area contributed by atoms with Crippen molar-refractivity contribution in [3.63, 3.8) is 0 Å². The number of ketones is 1. The number of benzene rings is 2. The zero-order valence-corrected chi connectivity index (χ0v) is 20.3. The normalized spacial score (nSPS) is 14.4. The molecule has 0 aliphatic carbocycles. The number of carboxylic acids is 1. The summed E-state index contributed by atoms with van der Waals surface area (Å²) in [5.74, 6) is -6.19. The molecule has 3 unspecified atom stereocenters. The van der Waals surface area contributed by atoms with Crippen LogP contribution in [0.5, 0.6) is 0 Å². The van der Waals surface area contributed by atoms with Crippen molar-refractivity contribution in [2.24, 2.45) is 11.8 Å². The quantitative estimate of drug-likeness (QED) is 0.367. The number of nitrogens with one attached hydrogen (secondary N) is 2. The SMILES string of the molecule is CCC(C)C(NC(=O)Cc1ccccc1)C(=O)C(CC(=O)N[C@@H](Cc1ccccc1)C(=O)O)C(F)F. The number of hydrogen-bond donors (Lipinski definition) is 3. The van der Waals surface area contributed by atoms with Crippen molar-refractivity contribution in [1.82, 2.24) is 10.6 Å². The highest BCUT2D eigenvalue weighted by molar-refractivity contribution is 5.94. The molecule has 0 radical (unpaired) electrons.